The summed E-state index contributed by atoms with van der Waals surface area (Å²) in [6.07, 6.45) is 1.34. The van der Waals surface area contributed by atoms with E-state index in [1.807, 2.05) is 20.8 Å². The Hall–Kier alpha value is -1.69. The largest absolute Gasteiger partial charge is 0.341 e. The molecule has 0 spiro atoms. The lowest BCUT2D eigenvalue weighted by Gasteiger charge is -2.26. The Morgan fingerprint density at radius 3 is 2.67 bits per heavy atom. The highest BCUT2D eigenvalue weighted by Gasteiger charge is 2.22. The third-order valence-electron chi connectivity index (χ3n) is 2.31. The lowest BCUT2D eigenvalue weighted by Crippen LogP contribution is -2.35. The molecule has 0 unspecified atom stereocenters. The number of hydrazine groups is 1. The van der Waals surface area contributed by atoms with E-state index >= 15 is 0 Å². The second-order valence-corrected chi connectivity index (χ2v) is 5.39. The highest BCUT2D eigenvalue weighted by Crippen LogP contribution is 2.19. The number of hydrogen-bond acceptors (Lipinski definition) is 4. The molecule has 0 aliphatic heterocycles. The van der Waals surface area contributed by atoms with Gasteiger partial charge in [-0.05, 0) is 11.5 Å². The first-order chi connectivity index (χ1) is 8.26. The van der Waals surface area contributed by atoms with E-state index in [1.54, 1.807) is 7.05 Å². The van der Waals surface area contributed by atoms with Crippen molar-refractivity contribution in [2.24, 2.45) is 11.3 Å². The van der Waals surface area contributed by atoms with Gasteiger partial charge in [-0.1, -0.05) is 20.8 Å². The minimum absolute atomic E-state index is 0.0373. The van der Waals surface area contributed by atoms with Crippen molar-refractivity contribution < 1.29 is 9.18 Å². The van der Waals surface area contributed by atoms with Crippen LogP contribution in [0.25, 0.3) is 0 Å². The number of carbonyl (C=O) groups excluding carboxylic acids is 1. The van der Waals surface area contributed by atoms with Crippen molar-refractivity contribution in [2.45, 2.75) is 20.8 Å². The molecule has 0 aromatic carbocycles. The molecular formula is C12H19FN4O. The number of nitrogens with zero attached hydrogens (tertiary/aromatic N) is 2. The van der Waals surface area contributed by atoms with Gasteiger partial charge in [0.25, 0.3) is 5.91 Å². The van der Waals surface area contributed by atoms with Crippen molar-refractivity contribution in [3.8, 4) is 0 Å². The van der Waals surface area contributed by atoms with Gasteiger partial charge in [-0.2, -0.15) is 0 Å². The summed E-state index contributed by atoms with van der Waals surface area (Å²) in [6, 6.07) is 1.34. The number of nitrogen functional groups attached to an aromatic ring is 1. The fraction of sp³-hybridized carbons (Fsp3) is 0.500. The quantitative estimate of drug-likeness (QED) is 0.635. The van der Waals surface area contributed by atoms with Crippen LogP contribution in [0.5, 0.6) is 0 Å². The number of carbonyl (C=O) groups is 1. The molecule has 18 heavy (non-hydrogen) atoms. The van der Waals surface area contributed by atoms with Crippen molar-refractivity contribution in [3.05, 3.63) is 23.6 Å². The summed E-state index contributed by atoms with van der Waals surface area (Å²) in [5.74, 6) is 3.87. The van der Waals surface area contributed by atoms with E-state index in [1.165, 1.54) is 17.2 Å². The molecule has 1 heterocycles. The number of rotatable bonds is 3. The number of nitrogens with two attached hydrogens (primary N) is 1. The van der Waals surface area contributed by atoms with E-state index < -0.39 is 5.82 Å². The maximum absolute atomic E-state index is 13.9. The smallest absolute Gasteiger partial charge is 0.256 e. The maximum Gasteiger partial charge on any atom is 0.256 e. The van der Waals surface area contributed by atoms with Crippen LogP contribution in [-0.2, 0) is 0 Å². The molecule has 1 rings (SSSR count). The van der Waals surface area contributed by atoms with Gasteiger partial charge in [0.15, 0.2) is 11.6 Å². The van der Waals surface area contributed by atoms with Crippen LogP contribution in [0.3, 0.4) is 0 Å². The van der Waals surface area contributed by atoms with Crippen LogP contribution < -0.4 is 11.3 Å². The van der Waals surface area contributed by atoms with Gasteiger partial charge in [-0.3, -0.25) is 4.79 Å². The highest BCUT2D eigenvalue weighted by atomic mass is 19.1. The van der Waals surface area contributed by atoms with Gasteiger partial charge in [0.1, 0.15) is 0 Å². The third-order valence-corrected chi connectivity index (χ3v) is 2.31. The van der Waals surface area contributed by atoms with E-state index in [-0.39, 0.29) is 22.7 Å². The molecule has 0 saturated heterocycles. The summed E-state index contributed by atoms with van der Waals surface area (Å²) >= 11 is 0. The molecule has 1 amide bonds. The van der Waals surface area contributed by atoms with E-state index in [0.29, 0.717) is 6.54 Å². The zero-order valence-electron chi connectivity index (χ0n) is 11.1. The summed E-state index contributed by atoms with van der Waals surface area (Å²) < 4.78 is 13.9. The van der Waals surface area contributed by atoms with Gasteiger partial charge >= 0.3 is 0 Å². The number of halogens is 1. The number of hydrogen-bond donors (Lipinski definition) is 2. The fourth-order valence-electron chi connectivity index (χ4n) is 1.70. The van der Waals surface area contributed by atoms with Crippen LogP contribution >= 0.6 is 0 Å². The summed E-state index contributed by atoms with van der Waals surface area (Å²) in [5, 5.41) is 0. The van der Waals surface area contributed by atoms with Gasteiger partial charge in [-0.25, -0.2) is 15.2 Å². The van der Waals surface area contributed by atoms with Crippen molar-refractivity contribution in [2.75, 3.05) is 19.0 Å². The molecule has 100 valence electrons. The Kier molecular flexibility index (Phi) is 4.24. The van der Waals surface area contributed by atoms with Crippen LogP contribution in [0, 0.1) is 11.2 Å². The molecule has 0 radical (unpaired) electrons. The van der Waals surface area contributed by atoms with Crippen molar-refractivity contribution in [1.29, 1.82) is 0 Å². The Morgan fingerprint density at radius 1 is 1.56 bits per heavy atom. The minimum atomic E-state index is -0.731. The van der Waals surface area contributed by atoms with Gasteiger partial charge in [0.05, 0.1) is 5.56 Å². The van der Waals surface area contributed by atoms with Gasteiger partial charge < -0.3 is 10.3 Å². The van der Waals surface area contributed by atoms with Crippen LogP contribution in [0.2, 0.25) is 0 Å². The van der Waals surface area contributed by atoms with E-state index in [2.05, 4.69) is 10.4 Å². The molecule has 0 aliphatic rings. The highest BCUT2D eigenvalue weighted by molar-refractivity contribution is 5.95. The first kappa shape index (κ1) is 14.4. The molecule has 5 nitrogen and oxygen atoms in total. The second kappa shape index (κ2) is 5.30. The van der Waals surface area contributed by atoms with Crippen molar-refractivity contribution in [3.63, 3.8) is 0 Å². The first-order valence-corrected chi connectivity index (χ1v) is 5.63. The third kappa shape index (κ3) is 3.40. The average molecular weight is 254 g/mol. The van der Waals surface area contributed by atoms with E-state index in [0.717, 1.165) is 0 Å². The number of amides is 1. The topological polar surface area (TPSA) is 71.2 Å². The van der Waals surface area contributed by atoms with Crippen LogP contribution in [0.1, 0.15) is 31.1 Å². The maximum atomic E-state index is 13.9. The molecule has 0 aliphatic carbocycles. The summed E-state index contributed by atoms with van der Waals surface area (Å²) in [5.41, 5.74) is 2.03. The normalized spacial score (nSPS) is 11.2. The second-order valence-electron chi connectivity index (χ2n) is 5.39. The molecular weight excluding hydrogens is 235 g/mol. The number of aromatic nitrogens is 1. The van der Waals surface area contributed by atoms with Gasteiger partial charge in [0, 0.05) is 19.8 Å². The Morgan fingerprint density at radius 2 is 2.17 bits per heavy atom. The molecule has 0 atom stereocenters. The summed E-state index contributed by atoms with van der Waals surface area (Å²) in [7, 11) is 1.64. The first-order valence-electron chi connectivity index (χ1n) is 5.63. The zero-order valence-corrected chi connectivity index (χ0v) is 11.1. The summed E-state index contributed by atoms with van der Waals surface area (Å²) in [6.45, 7) is 6.55. The number of pyridine rings is 1. The molecule has 0 fully saturated rings. The fourth-order valence-corrected chi connectivity index (χ4v) is 1.70. The van der Waals surface area contributed by atoms with E-state index in [9.17, 15) is 9.18 Å². The van der Waals surface area contributed by atoms with Crippen molar-refractivity contribution in [1.82, 2.24) is 9.88 Å². The average Bonchev–Trinajstić information content (AvgIpc) is 2.26. The van der Waals surface area contributed by atoms with E-state index in [4.69, 9.17) is 5.84 Å². The number of nitrogens with one attached hydrogen (secondary N) is 1. The monoisotopic (exact) mass is 254 g/mol. The minimum Gasteiger partial charge on any atom is -0.341 e. The molecule has 0 bridgehead atoms. The van der Waals surface area contributed by atoms with Crippen molar-refractivity contribution >= 4 is 11.7 Å². The Bertz CT molecular complexity index is 442. The predicted molar refractivity (Wildman–Crippen MR) is 68.4 cm³/mol. The van der Waals surface area contributed by atoms with Crippen LogP contribution in [-0.4, -0.2) is 29.4 Å². The van der Waals surface area contributed by atoms with Gasteiger partial charge in [-0.15, -0.1) is 0 Å². The molecule has 1 aromatic rings. The predicted octanol–water partition coefficient (Wildman–Crippen LogP) is 1.62. The lowest BCUT2D eigenvalue weighted by molar-refractivity contribution is 0.0741. The lowest BCUT2D eigenvalue weighted by atomic mass is 9.96. The SMILES string of the molecule is CN(CC(C)(C)C)C(=O)c1ccnc(NN)c1F. The van der Waals surface area contributed by atoms with Gasteiger partial charge in [0.2, 0.25) is 0 Å². The standard InChI is InChI=1S/C12H19FN4O/c1-12(2,3)7-17(4)11(18)8-5-6-15-10(16-14)9(8)13/h5-6H,7,14H2,1-4H3,(H,15,16). The molecule has 0 saturated carbocycles. The molecule has 1 aromatic heterocycles. The zero-order chi connectivity index (χ0) is 13.9. The van der Waals surface area contributed by atoms with Crippen LogP contribution in [0.4, 0.5) is 10.2 Å². The number of anilines is 1. The molecule has 3 N–H and O–H groups in total. The summed E-state index contributed by atoms with van der Waals surface area (Å²) in [4.78, 5) is 17.3. The van der Waals surface area contributed by atoms with Crippen LogP contribution in [0.15, 0.2) is 12.3 Å². The Balaban J connectivity index is 2.97. The Labute approximate surface area is 106 Å². The molecule has 6 heteroatoms.